The molecule has 0 aliphatic heterocycles. The molecule has 0 aliphatic carbocycles. The molecule has 0 N–H and O–H groups in total. The summed E-state index contributed by atoms with van der Waals surface area (Å²) in [5, 5.41) is 16.9. The summed E-state index contributed by atoms with van der Waals surface area (Å²) in [6.07, 6.45) is 0. The Bertz CT molecular complexity index is 3560. The molecule has 3 amide bonds. The highest BCUT2D eigenvalue weighted by molar-refractivity contribution is 5.97. The number of hydrogen-bond donors (Lipinski definition) is 0. The molecule has 72 heavy (non-hydrogen) atoms. The van der Waals surface area contributed by atoms with Crippen LogP contribution >= 0.6 is 0 Å². The Morgan fingerprint density at radius 1 is 0.403 bits per heavy atom. The first-order valence-electron chi connectivity index (χ1n) is 23.7. The fraction of sp³-hybridized carbons (Fsp3) is 0.211. The Kier molecular flexibility index (Phi) is 16.1. The summed E-state index contributed by atoms with van der Waals surface area (Å²) in [5.41, 5.74) is 3.28. The monoisotopic (exact) mass is 963 g/mol. The van der Waals surface area contributed by atoms with Crippen LogP contribution < -0.4 is 16.7 Å². The van der Waals surface area contributed by atoms with Gasteiger partial charge in [0.2, 0.25) is 0 Å². The van der Waals surface area contributed by atoms with Gasteiger partial charge in [0, 0.05) is 72.1 Å². The third kappa shape index (κ3) is 10.6. The average Bonchev–Trinajstić information content (AvgIpc) is 3.40. The summed E-state index contributed by atoms with van der Waals surface area (Å²) in [6.45, 7) is 12.5. The Labute approximate surface area is 416 Å². The summed E-state index contributed by atoms with van der Waals surface area (Å²) >= 11 is 0. The minimum absolute atomic E-state index is 0.0390. The lowest BCUT2D eigenvalue weighted by Crippen LogP contribution is -2.48. The van der Waals surface area contributed by atoms with Gasteiger partial charge < -0.3 is 14.7 Å². The maximum absolute atomic E-state index is 13.1. The molecule has 0 spiro atoms. The van der Waals surface area contributed by atoms with Crippen molar-refractivity contribution in [1.82, 2.24) is 44.0 Å². The van der Waals surface area contributed by atoms with Gasteiger partial charge in [-0.15, -0.1) is 14.0 Å². The minimum atomic E-state index is -0.465. The van der Waals surface area contributed by atoms with Gasteiger partial charge in [-0.2, -0.15) is 15.3 Å². The second-order valence-electron chi connectivity index (χ2n) is 17.4. The smallest absolute Gasteiger partial charge is 0.329 e. The number of rotatable bonds is 7. The van der Waals surface area contributed by atoms with E-state index in [1.165, 1.54) is 4.90 Å². The summed E-state index contributed by atoms with van der Waals surface area (Å²) in [5.74, 6) is 0. The van der Waals surface area contributed by atoms with Gasteiger partial charge >= 0.3 is 18.1 Å². The first-order chi connectivity index (χ1) is 34.7. The normalized spacial score (nSPS) is 10.9. The lowest BCUT2D eigenvalue weighted by atomic mass is 10.1. The summed E-state index contributed by atoms with van der Waals surface area (Å²) in [6, 6.07) is 49.1. The van der Waals surface area contributed by atoms with Gasteiger partial charge in [0.25, 0.3) is 16.7 Å². The van der Waals surface area contributed by atoms with E-state index in [1.807, 2.05) is 169 Å². The molecule has 9 aromatic rings. The van der Waals surface area contributed by atoms with Crippen molar-refractivity contribution < 1.29 is 14.4 Å². The number of hydrogen-bond acceptors (Lipinski definition) is 9. The van der Waals surface area contributed by atoms with Gasteiger partial charge in [-0.3, -0.25) is 14.4 Å². The number of carbonyl (C=O) groups excluding carboxylic acids is 3. The molecule has 6 aromatic carbocycles. The number of aromatic nitrogens is 6. The van der Waals surface area contributed by atoms with E-state index in [4.69, 9.17) is 0 Å². The van der Waals surface area contributed by atoms with Crippen LogP contribution in [-0.2, 0) is 0 Å². The Hall–Kier alpha value is -8.85. The van der Waals surface area contributed by atoms with E-state index < -0.39 is 29.2 Å². The predicted molar refractivity (Wildman–Crippen MR) is 285 cm³/mol. The van der Waals surface area contributed by atoms with E-state index in [9.17, 15) is 28.8 Å². The lowest BCUT2D eigenvalue weighted by Gasteiger charge is -2.30. The number of amides is 3. The first kappa shape index (κ1) is 51.0. The van der Waals surface area contributed by atoms with Crippen LogP contribution in [0.1, 0.15) is 41.5 Å². The molecule has 0 fully saturated rings. The quantitative estimate of drug-likeness (QED) is 0.151. The third-order valence-electron chi connectivity index (χ3n) is 11.9. The highest BCUT2D eigenvalue weighted by atomic mass is 16.2. The van der Waals surface area contributed by atoms with E-state index in [1.54, 1.807) is 60.3 Å². The molecule has 15 nitrogen and oxygen atoms in total. The van der Waals surface area contributed by atoms with Crippen LogP contribution in [0, 0.1) is 0 Å². The summed E-state index contributed by atoms with van der Waals surface area (Å²) in [4.78, 5) is 80.8. The molecule has 0 aliphatic rings. The Morgan fingerprint density at radius 2 is 0.667 bits per heavy atom. The van der Waals surface area contributed by atoms with E-state index >= 15 is 0 Å². The maximum Gasteiger partial charge on any atom is 0.348 e. The van der Waals surface area contributed by atoms with Crippen molar-refractivity contribution in [1.29, 1.82) is 0 Å². The lowest BCUT2D eigenvalue weighted by molar-refractivity contribution is 0.162. The van der Waals surface area contributed by atoms with Crippen LogP contribution in [-0.4, -0.2) is 101 Å². The molecular weight excluding hydrogens is 907 g/mol. The molecule has 0 bridgehead atoms. The molecule has 9 rings (SSSR count). The van der Waals surface area contributed by atoms with Crippen LogP contribution in [0.25, 0.3) is 66.1 Å². The molecule has 15 heteroatoms. The van der Waals surface area contributed by atoms with Gasteiger partial charge in [-0.05, 0) is 59.7 Å². The fourth-order valence-corrected chi connectivity index (χ4v) is 8.35. The first-order valence-corrected chi connectivity index (χ1v) is 23.7. The highest BCUT2D eigenvalue weighted by Gasteiger charge is 2.26. The molecule has 0 saturated heterocycles. The van der Waals surface area contributed by atoms with Crippen molar-refractivity contribution in [2.24, 2.45) is 0 Å². The number of nitrogens with zero attached hydrogens (tertiary/aromatic N) is 9. The molecular formula is C57H57N9O6. The second-order valence-corrected chi connectivity index (χ2v) is 17.4. The van der Waals surface area contributed by atoms with E-state index in [2.05, 4.69) is 15.3 Å². The van der Waals surface area contributed by atoms with Gasteiger partial charge in [-0.25, -0.2) is 14.4 Å². The zero-order chi connectivity index (χ0) is 51.6. The van der Waals surface area contributed by atoms with Gasteiger partial charge in [0.05, 0.1) is 33.2 Å². The average molecular weight is 964 g/mol. The molecule has 366 valence electrons. The largest absolute Gasteiger partial charge is 0.348 e. The zero-order valence-electron chi connectivity index (χ0n) is 41.6. The van der Waals surface area contributed by atoms with Crippen molar-refractivity contribution >= 4 is 50.4 Å². The van der Waals surface area contributed by atoms with Crippen molar-refractivity contribution in [3.05, 3.63) is 195 Å². The summed E-state index contributed by atoms with van der Waals surface area (Å²) < 4.78 is 2.91. The van der Waals surface area contributed by atoms with E-state index in [-0.39, 0.29) is 17.6 Å². The number of benzene rings is 6. The molecule has 0 unspecified atom stereocenters. The molecule has 3 heterocycles. The highest BCUT2D eigenvalue weighted by Crippen LogP contribution is 2.27. The Balaban J connectivity index is 0.000000159. The molecule has 0 saturated carbocycles. The standard InChI is InChI=1S/C21H23N3O2.C19H19N3O2.C17H15N3O2/c1-14(2)23(15(3)4)21(26)24-20(25)18-13-9-8-12-17(18)19(22-24)16-10-6-5-7-11-16;1-3-21(4-2)19(24)22-18(23)16-13-9-8-12-15(16)17(20-22)14-10-6-5-7-11-14;1-19(2)17(22)20-16(21)14-11-7-6-10-13(14)15(18-20)12-8-4-3-5-9-12/h5-15H,1-4H3;5-13H,3-4H2,1-2H3;3-11H,1-2H3. The van der Waals surface area contributed by atoms with E-state index in [0.717, 1.165) is 46.9 Å². The van der Waals surface area contributed by atoms with Gasteiger partial charge in [0.15, 0.2) is 0 Å². The summed E-state index contributed by atoms with van der Waals surface area (Å²) in [7, 11) is 3.18. The van der Waals surface area contributed by atoms with Crippen molar-refractivity contribution in [2.45, 2.75) is 53.6 Å². The van der Waals surface area contributed by atoms with Crippen LogP contribution in [0.2, 0.25) is 0 Å². The minimum Gasteiger partial charge on any atom is -0.329 e. The number of fused-ring (bicyclic) bond motifs is 3. The third-order valence-corrected chi connectivity index (χ3v) is 11.9. The van der Waals surface area contributed by atoms with Gasteiger partial charge in [0.1, 0.15) is 0 Å². The van der Waals surface area contributed by atoms with Crippen molar-refractivity contribution in [2.75, 3.05) is 27.2 Å². The predicted octanol–water partition coefficient (Wildman–Crippen LogP) is 10.1. The zero-order valence-corrected chi connectivity index (χ0v) is 41.6. The second kappa shape index (κ2) is 22.7. The number of carbonyl (C=O) groups is 3. The van der Waals surface area contributed by atoms with Crippen LogP contribution in [0.3, 0.4) is 0 Å². The fourth-order valence-electron chi connectivity index (χ4n) is 8.35. The van der Waals surface area contributed by atoms with Crippen molar-refractivity contribution in [3.63, 3.8) is 0 Å². The molecule has 0 atom stereocenters. The van der Waals surface area contributed by atoms with E-state index in [0.29, 0.717) is 46.3 Å². The van der Waals surface area contributed by atoms with Crippen molar-refractivity contribution in [3.8, 4) is 33.8 Å². The molecule has 0 radical (unpaired) electrons. The molecule has 3 aromatic heterocycles. The SMILES string of the molecule is CC(C)N(C(=O)n1nc(-c2ccccc2)c2ccccc2c1=O)C(C)C.CCN(CC)C(=O)n1nc(-c2ccccc2)c2ccccc2c1=O.CN(C)C(=O)n1nc(-c2ccccc2)c2ccccc2c1=O. The Morgan fingerprint density at radius 3 is 0.944 bits per heavy atom. The van der Waals surface area contributed by atoms with Crippen LogP contribution in [0.4, 0.5) is 14.4 Å². The topological polar surface area (TPSA) is 166 Å². The van der Waals surface area contributed by atoms with Gasteiger partial charge in [-0.1, -0.05) is 146 Å². The van der Waals surface area contributed by atoms with Crippen LogP contribution in [0.5, 0.6) is 0 Å². The maximum atomic E-state index is 13.1. The van der Waals surface area contributed by atoms with Crippen LogP contribution in [0.15, 0.2) is 178 Å².